The lowest BCUT2D eigenvalue weighted by molar-refractivity contribution is 0.0891. The molecule has 1 saturated heterocycles. The Morgan fingerprint density at radius 1 is 1.17 bits per heavy atom. The lowest BCUT2D eigenvalue weighted by atomic mass is 9.96. The molecule has 162 valence electrons. The van der Waals surface area contributed by atoms with Gasteiger partial charge in [-0.15, -0.1) is 0 Å². The predicted molar refractivity (Wildman–Crippen MR) is 111 cm³/mol. The SMILES string of the molecule is Cc1nc(C2(NC(=O)c3ccc(Cl)c(S(=O)(=O)N4CCCCC4)c3)CCCC2)no1. The van der Waals surface area contributed by atoms with E-state index in [1.54, 1.807) is 6.92 Å². The van der Waals surface area contributed by atoms with E-state index in [-0.39, 0.29) is 21.4 Å². The van der Waals surface area contributed by atoms with Gasteiger partial charge in [-0.3, -0.25) is 4.79 Å². The molecular weight excluding hydrogens is 428 g/mol. The maximum absolute atomic E-state index is 13.1. The van der Waals surface area contributed by atoms with Crippen molar-refractivity contribution in [2.24, 2.45) is 0 Å². The summed E-state index contributed by atoms with van der Waals surface area (Å²) in [4.78, 5) is 17.4. The van der Waals surface area contributed by atoms with Crippen LogP contribution in [-0.4, -0.2) is 41.9 Å². The van der Waals surface area contributed by atoms with Gasteiger partial charge in [-0.1, -0.05) is 36.0 Å². The van der Waals surface area contributed by atoms with Crippen molar-refractivity contribution < 1.29 is 17.7 Å². The second-order valence-corrected chi connectivity index (χ2v) is 10.3. The lowest BCUT2D eigenvalue weighted by Gasteiger charge is -2.28. The van der Waals surface area contributed by atoms with Gasteiger partial charge in [0.2, 0.25) is 15.9 Å². The second kappa shape index (κ2) is 8.28. The molecule has 0 unspecified atom stereocenters. The molecule has 1 N–H and O–H groups in total. The molecule has 4 rings (SSSR count). The number of aromatic nitrogens is 2. The minimum Gasteiger partial charge on any atom is -0.340 e. The fraction of sp³-hybridized carbons (Fsp3) is 0.550. The maximum Gasteiger partial charge on any atom is 0.252 e. The zero-order valence-electron chi connectivity index (χ0n) is 16.9. The van der Waals surface area contributed by atoms with Gasteiger partial charge in [0.05, 0.1) is 5.02 Å². The van der Waals surface area contributed by atoms with Gasteiger partial charge in [0.25, 0.3) is 5.91 Å². The summed E-state index contributed by atoms with van der Waals surface area (Å²) in [6.07, 6.45) is 5.92. The monoisotopic (exact) mass is 452 g/mol. The standard InChI is InChI=1S/C20H25ClN4O4S/c1-14-22-19(24-29-14)20(9-3-4-10-20)23-18(26)15-7-8-16(21)17(13-15)30(27,28)25-11-5-2-6-12-25/h7-8,13H,2-6,9-12H2,1H3,(H,23,26). The number of hydrogen-bond donors (Lipinski definition) is 1. The van der Waals surface area contributed by atoms with E-state index in [1.807, 2.05) is 0 Å². The average Bonchev–Trinajstić information content (AvgIpc) is 3.39. The number of nitrogens with zero attached hydrogens (tertiary/aromatic N) is 3. The van der Waals surface area contributed by atoms with Crippen molar-refractivity contribution in [3.05, 3.63) is 40.5 Å². The molecule has 1 aliphatic heterocycles. The van der Waals surface area contributed by atoms with Gasteiger partial charge in [-0.25, -0.2) is 8.42 Å². The van der Waals surface area contributed by atoms with Crippen LogP contribution in [0.3, 0.4) is 0 Å². The molecule has 1 aliphatic carbocycles. The van der Waals surface area contributed by atoms with Crippen molar-refractivity contribution in [2.75, 3.05) is 13.1 Å². The third-order valence-corrected chi connectivity index (χ3v) is 8.27. The van der Waals surface area contributed by atoms with E-state index in [1.165, 1.54) is 22.5 Å². The lowest BCUT2D eigenvalue weighted by Crippen LogP contribution is -2.44. The number of nitrogens with one attached hydrogen (secondary N) is 1. The molecule has 30 heavy (non-hydrogen) atoms. The van der Waals surface area contributed by atoms with Gasteiger partial charge in [0, 0.05) is 25.6 Å². The molecule has 1 aromatic carbocycles. The van der Waals surface area contributed by atoms with Crippen LogP contribution in [0.25, 0.3) is 0 Å². The van der Waals surface area contributed by atoms with Gasteiger partial charge >= 0.3 is 0 Å². The summed E-state index contributed by atoms with van der Waals surface area (Å²) in [6.45, 7) is 2.64. The first kappa shape index (κ1) is 21.3. The highest BCUT2D eigenvalue weighted by Crippen LogP contribution is 2.38. The van der Waals surface area contributed by atoms with Gasteiger partial charge < -0.3 is 9.84 Å². The fourth-order valence-electron chi connectivity index (χ4n) is 4.25. The first-order valence-electron chi connectivity index (χ1n) is 10.2. The number of hydrogen-bond acceptors (Lipinski definition) is 6. The highest BCUT2D eigenvalue weighted by Gasteiger charge is 2.41. The van der Waals surface area contributed by atoms with Gasteiger partial charge in [-0.05, 0) is 43.9 Å². The van der Waals surface area contributed by atoms with Gasteiger partial charge in [0.15, 0.2) is 5.82 Å². The molecular formula is C20H25ClN4O4S. The summed E-state index contributed by atoms with van der Waals surface area (Å²) < 4.78 is 32.7. The Kier molecular flexibility index (Phi) is 5.87. The Morgan fingerprint density at radius 2 is 1.87 bits per heavy atom. The fourth-order valence-corrected chi connectivity index (χ4v) is 6.27. The Hall–Kier alpha value is -1.97. The molecule has 2 aliphatic rings. The zero-order chi connectivity index (χ0) is 21.4. The normalized spacial score (nSPS) is 19.7. The molecule has 2 heterocycles. The average molecular weight is 453 g/mol. The predicted octanol–water partition coefficient (Wildman–Crippen LogP) is 3.41. The number of amides is 1. The number of sulfonamides is 1. The van der Waals surface area contributed by atoms with Crippen LogP contribution in [0.5, 0.6) is 0 Å². The van der Waals surface area contributed by atoms with Crippen molar-refractivity contribution in [3.8, 4) is 0 Å². The largest absolute Gasteiger partial charge is 0.340 e. The van der Waals surface area contributed by atoms with Crippen LogP contribution in [0.2, 0.25) is 5.02 Å². The summed E-state index contributed by atoms with van der Waals surface area (Å²) in [7, 11) is -3.76. The van der Waals surface area contributed by atoms with E-state index in [4.69, 9.17) is 16.1 Å². The van der Waals surface area contributed by atoms with Crippen molar-refractivity contribution >= 4 is 27.5 Å². The first-order chi connectivity index (χ1) is 14.3. The van der Waals surface area contributed by atoms with Crippen molar-refractivity contribution in [2.45, 2.75) is 62.3 Å². The smallest absolute Gasteiger partial charge is 0.252 e. The van der Waals surface area contributed by atoms with Crippen molar-refractivity contribution in [1.29, 1.82) is 0 Å². The van der Waals surface area contributed by atoms with Crippen LogP contribution in [0, 0.1) is 6.92 Å². The number of benzene rings is 1. The minimum atomic E-state index is -3.76. The zero-order valence-corrected chi connectivity index (χ0v) is 18.4. The number of rotatable bonds is 5. The number of carbonyl (C=O) groups is 1. The van der Waals surface area contributed by atoms with E-state index in [0.717, 1.165) is 32.1 Å². The van der Waals surface area contributed by atoms with Crippen LogP contribution in [0.1, 0.15) is 67.0 Å². The Bertz CT molecular complexity index is 1040. The summed E-state index contributed by atoms with van der Waals surface area (Å²) in [5, 5.41) is 7.18. The molecule has 0 bridgehead atoms. The number of halogens is 1. The molecule has 0 spiro atoms. The molecule has 2 fully saturated rings. The Balaban J connectivity index is 1.62. The van der Waals surface area contributed by atoms with Crippen LogP contribution < -0.4 is 5.32 Å². The number of aryl methyl sites for hydroxylation is 1. The quantitative estimate of drug-likeness (QED) is 0.745. The third kappa shape index (κ3) is 3.98. The van der Waals surface area contributed by atoms with Crippen LogP contribution in [0.15, 0.2) is 27.6 Å². The summed E-state index contributed by atoms with van der Waals surface area (Å²) in [6, 6.07) is 4.37. The molecule has 0 atom stereocenters. The number of carbonyl (C=O) groups excluding carboxylic acids is 1. The van der Waals surface area contributed by atoms with Crippen LogP contribution in [0.4, 0.5) is 0 Å². The topological polar surface area (TPSA) is 105 Å². The molecule has 10 heteroatoms. The van der Waals surface area contributed by atoms with Gasteiger partial charge in [-0.2, -0.15) is 9.29 Å². The number of piperidine rings is 1. The molecule has 8 nitrogen and oxygen atoms in total. The molecule has 1 saturated carbocycles. The van der Waals surface area contributed by atoms with E-state index < -0.39 is 15.6 Å². The summed E-state index contributed by atoms with van der Waals surface area (Å²) >= 11 is 6.23. The second-order valence-electron chi connectivity index (χ2n) is 7.99. The molecule has 1 aromatic heterocycles. The van der Waals surface area contributed by atoms with E-state index in [9.17, 15) is 13.2 Å². The van der Waals surface area contributed by atoms with E-state index in [2.05, 4.69) is 15.5 Å². The third-order valence-electron chi connectivity index (χ3n) is 5.89. The Morgan fingerprint density at radius 3 is 2.50 bits per heavy atom. The maximum atomic E-state index is 13.1. The highest BCUT2D eigenvalue weighted by molar-refractivity contribution is 7.89. The highest BCUT2D eigenvalue weighted by atomic mass is 35.5. The summed E-state index contributed by atoms with van der Waals surface area (Å²) in [5.74, 6) is 0.513. The first-order valence-corrected chi connectivity index (χ1v) is 12.1. The molecule has 0 radical (unpaired) electrons. The minimum absolute atomic E-state index is 0.0328. The van der Waals surface area contributed by atoms with Crippen LogP contribution in [-0.2, 0) is 15.6 Å². The van der Waals surface area contributed by atoms with E-state index >= 15 is 0 Å². The Labute approximate surface area is 181 Å². The van der Waals surface area contributed by atoms with E-state index in [0.29, 0.717) is 37.6 Å². The van der Waals surface area contributed by atoms with Crippen molar-refractivity contribution in [1.82, 2.24) is 19.8 Å². The van der Waals surface area contributed by atoms with Crippen molar-refractivity contribution in [3.63, 3.8) is 0 Å². The van der Waals surface area contributed by atoms with Gasteiger partial charge in [0.1, 0.15) is 10.4 Å². The molecule has 1 amide bonds. The van der Waals surface area contributed by atoms with Crippen LogP contribution >= 0.6 is 11.6 Å². The molecule has 2 aromatic rings. The summed E-state index contributed by atoms with van der Waals surface area (Å²) in [5.41, 5.74) is -0.470.